The van der Waals surface area contributed by atoms with Gasteiger partial charge in [0.15, 0.2) is 0 Å². The van der Waals surface area contributed by atoms with Crippen molar-refractivity contribution >= 4 is 5.91 Å². The predicted molar refractivity (Wildman–Crippen MR) is 122 cm³/mol. The Hall–Kier alpha value is -3.26. The Balaban J connectivity index is 1.61. The maximum absolute atomic E-state index is 14.4. The van der Waals surface area contributed by atoms with Crippen LogP contribution in [0.2, 0.25) is 0 Å². The van der Waals surface area contributed by atoms with Crippen LogP contribution in [-0.2, 0) is 5.41 Å². The molecule has 3 atom stereocenters. The highest BCUT2D eigenvalue weighted by molar-refractivity contribution is 5.92. The van der Waals surface area contributed by atoms with E-state index in [1.54, 1.807) is 25.1 Å². The average Bonchev–Trinajstić information content (AvgIpc) is 3.18. The topological polar surface area (TPSA) is 88.0 Å². The number of aliphatic hydroxyl groups excluding tert-OH is 1. The lowest BCUT2D eigenvalue weighted by Gasteiger charge is -2.37. The Morgan fingerprint density at radius 1 is 1.18 bits per heavy atom. The van der Waals surface area contributed by atoms with Gasteiger partial charge in [-0.25, -0.2) is 13.8 Å². The van der Waals surface area contributed by atoms with E-state index in [0.717, 1.165) is 29.8 Å². The Morgan fingerprint density at radius 3 is 2.59 bits per heavy atom. The van der Waals surface area contributed by atoms with E-state index in [9.17, 15) is 18.7 Å². The third-order valence-electron chi connectivity index (χ3n) is 7.58. The first-order chi connectivity index (χ1) is 16.2. The number of rotatable bonds is 5. The van der Waals surface area contributed by atoms with Crippen LogP contribution in [0, 0.1) is 17.0 Å². The first-order valence-corrected chi connectivity index (χ1v) is 11.4. The Kier molecular flexibility index (Phi) is 5.24. The lowest BCUT2D eigenvalue weighted by molar-refractivity contribution is 0.0918. The Morgan fingerprint density at radius 2 is 1.88 bits per heavy atom. The summed E-state index contributed by atoms with van der Waals surface area (Å²) in [5.41, 5.74) is 1.79. The molecule has 2 aromatic heterocycles. The van der Waals surface area contributed by atoms with Gasteiger partial charge < -0.3 is 10.4 Å². The number of nitrogens with zero attached hydrogens (tertiary/aromatic N) is 3. The average molecular weight is 465 g/mol. The molecule has 1 saturated carbocycles. The monoisotopic (exact) mass is 464 g/mol. The quantitative estimate of drug-likeness (QED) is 0.593. The summed E-state index contributed by atoms with van der Waals surface area (Å²) >= 11 is 0. The van der Waals surface area contributed by atoms with Crippen molar-refractivity contribution in [1.29, 1.82) is 0 Å². The van der Waals surface area contributed by atoms with E-state index in [1.165, 1.54) is 18.2 Å². The largest absolute Gasteiger partial charge is 0.392 e. The fourth-order valence-corrected chi connectivity index (χ4v) is 5.89. The van der Waals surface area contributed by atoms with Crippen molar-refractivity contribution in [2.75, 3.05) is 6.54 Å². The van der Waals surface area contributed by atoms with E-state index < -0.39 is 23.2 Å². The van der Waals surface area contributed by atoms with Crippen LogP contribution in [-0.4, -0.2) is 38.8 Å². The van der Waals surface area contributed by atoms with Crippen LogP contribution < -0.4 is 5.32 Å². The number of nitrogens with one attached hydrogen (secondary N) is 1. The first-order valence-electron chi connectivity index (χ1n) is 11.4. The van der Waals surface area contributed by atoms with Gasteiger partial charge in [0, 0.05) is 6.54 Å². The van der Waals surface area contributed by atoms with Crippen LogP contribution >= 0.6 is 0 Å². The molecule has 1 aromatic carbocycles. The van der Waals surface area contributed by atoms with Crippen LogP contribution in [0.3, 0.4) is 0 Å². The standard InChI is InChI=1S/C26H26F2N4O2/c1-14(33)13-29-24(34)19-8-5-9-21(30-19)26-11-10-16(25(26,2)3)15-12-20(31-32-23(15)26)22-17(27)6-4-7-18(22)28/h4-9,12,14,16,33H,10-11,13H2,1-3H3,(H,29,34)/t14-,16-,26+/m0/s1. The molecular formula is C26H26F2N4O2. The number of pyridine rings is 1. The highest BCUT2D eigenvalue weighted by Gasteiger charge is 2.65. The van der Waals surface area contributed by atoms with Crippen molar-refractivity contribution in [3.8, 4) is 11.3 Å². The number of hydrogen-bond donors (Lipinski definition) is 2. The third-order valence-corrected chi connectivity index (χ3v) is 7.58. The summed E-state index contributed by atoms with van der Waals surface area (Å²) in [5.74, 6) is -1.60. The molecule has 8 heteroatoms. The molecule has 2 aliphatic carbocycles. The lowest BCUT2D eigenvalue weighted by Crippen LogP contribution is -2.38. The number of benzene rings is 1. The smallest absolute Gasteiger partial charge is 0.269 e. The fraction of sp³-hybridized carbons (Fsp3) is 0.385. The molecule has 0 spiro atoms. The number of aromatic nitrogens is 3. The summed E-state index contributed by atoms with van der Waals surface area (Å²) in [4.78, 5) is 17.3. The molecular weight excluding hydrogens is 438 g/mol. The van der Waals surface area contributed by atoms with Crippen molar-refractivity contribution in [3.63, 3.8) is 0 Å². The number of carbonyl (C=O) groups is 1. The zero-order valence-electron chi connectivity index (χ0n) is 19.3. The van der Waals surface area contributed by atoms with Crippen molar-refractivity contribution < 1.29 is 18.7 Å². The fourth-order valence-electron chi connectivity index (χ4n) is 5.89. The first kappa shape index (κ1) is 22.5. The normalized spacial score (nSPS) is 22.9. The van der Waals surface area contributed by atoms with Gasteiger partial charge in [-0.3, -0.25) is 4.79 Å². The molecule has 0 aliphatic heterocycles. The summed E-state index contributed by atoms with van der Waals surface area (Å²) in [6.07, 6.45) is 0.988. The Bertz CT molecular complexity index is 1270. The highest BCUT2D eigenvalue weighted by Crippen LogP contribution is 2.69. The van der Waals surface area contributed by atoms with Crippen LogP contribution in [0.4, 0.5) is 8.78 Å². The molecule has 3 aromatic rings. The van der Waals surface area contributed by atoms with E-state index in [2.05, 4.69) is 29.4 Å². The zero-order valence-corrected chi connectivity index (χ0v) is 19.3. The third kappa shape index (κ3) is 3.15. The van der Waals surface area contributed by atoms with Gasteiger partial charge in [-0.2, -0.15) is 5.10 Å². The Labute approximate surface area is 196 Å². The van der Waals surface area contributed by atoms with Crippen molar-refractivity contribution in [2.45, 2.75) is 51.0 Å². The van der Waals surface area contributed by atoms with Gasteiger partial charge in [0.25, 0.3) is 5.91 Å². The predicted octanol–water partition coefficient (Wildman–Crippen LogP) is 4.13. The molecule has 176 valence electrons. The summed E-state index contributed by atoms with van der Waals surface area (Å²) in [5, 5.41) is 20.9. The van der Waals surface area contributed by atoms with Crippen LogP contribution in [0.15, 0.2) is 42.5 Å². The molecule has 0 radical (unpaired) electrons. The van der Waals surface area contributed by atoms with Gasteiger partial charge >= 0.3 is 0 Å². The van der Waals surface area contributed by atoms with Crippen LogP contribution in [0.25, 0.3) is 11.3 Å². The second-order valence-corrected chi connectivity index (χ2v) is 9.82. The van der Waals surface area contributed by atoms with Crippen LogP contribution in [0.1, 0.15) is 67.0 Å². The SMILES string of the molecule is C[C@H](O)CNC(=O)c1cccc([C@]23CC[C@@H](c4cc(-c5c(F)cccc5F)nnc42)C3(C)C)n1. The maximum Gasteiger partial charge on any atom is 0.269 e. The lowest BCUT2D eigenvalue weighted by atomic mass is 9.66. The molecule has 1 amide bonds. The van der Waals surface area contributed by atoms with Gasteiger partial charge in [-0.05, 0) is 67.0 Å². The molecule has 1 fully saturated rings. The minimum Gasteiger partial charge on any atom is -0.392 e. The second kappa shape index (κ2) is 7.91. The summed E-state index contributed by atoms with van der Waals surface area (Å²) in [6.45, 7) is 6.03. The number of halogens is 2. The molecule has 2 heterocycles. The van der Waals surface area contributed by atoms with E-state index in [1.807, 2.05) is 6.07 Å². The molecule has 6 nitrogen and oxygen atoms in total. The number of carbonyl (C=O) groups excluding carboxylic acids is 1. The summed E-state index contributed by atoms with van der Waals surface area (Å²) < 4.78 is 28.9. The van der Waals surface area contributed by atoms with Gasteiger partial charge in [-0.15, -0.1) is 5.10 Å². The van der Waals surface area contributed by atoms with Gasteiger partial charge in [0.05, 0.1) is 34.2 Å². The minimum absolute atomic E-state index is 0.112. The van der Waals surface area contributed by atoms with Crippen molar-refractivity contribution in [2.24, 2.45) is 5.41 Å². The molecule has 2 N–H and O–H groups in total. The van der Waals surface area contributed by atoms with Crippen LogP contribution in [0.5, 0.6) is 0 Å². The molecule has 0 saturated heterocycles. The number of fused-ring (bicyclic) bond motifs is 5. The van der Waals surface area contributed by atoms with Gasteiger partial charge in [0.2, 0.25) is 0 Å². The molecule has 0 unspecified atom stereocenters. The van der Waals surface area contributed by atoms with E-state index in [-0.39, 0.29) is 40.7 Å². The molecule has 5 rings (SSSR count). The van der Waals surface area contributed by atoms with E-state index >= 15 is 0 Å². The van der Waals surface area contributed by atoms with Crippen molar-refractivity contribution in [3.05, 3.63) is 76.7 Å². The van der Waals surface area contributed by atoms with Gasteiger partial charge in [0.1, 0.15) is 17.3 Å². The molecule has 2 bridgehead atoms. The summed E-state index contributed by atoms with van der Waals surface area (Å²) in [6, 6.07) is 10.8. The minimum atomic E-state index is -0.677. The second-order valence-electron chi connectivity index (χ2n) is 9.82. The maximum atomic E-state index is 14.4. The number of aliphatic hydroxyl groups is 1. The number of amides is 1. The van der Waals surface area contributed by atoms with E-state index in [4.69, 9.17) is 4.98 Å². The summed E-state index contributed by atoms with van der Waals surface area (Å²) in [7, 11) is 0. The van der Waals surface area contributed by atoms with Gasteiger partial charge in [-0.1, -0.05) is 26.0 Å². The van der Waals surface area contributed by atoms with Crippen molar-refractivity contribution in [1.82, 2.24) is 20.5 Å². The molecule has 2 aliphatic rings. The highest BCUT2D eigenvalue weighted by atomic mass is 19.1. The van der Waals surface area contributed by atoms with E-state index in [0.29, 0.717) is 0 Å². The zero-order chi connectivity index (χ0) is 24.3. The molecule has 34 heavy (non-hydrogen) atoms. The number of hydrogen-bond acceptors (Lipinski definition) is 5.